The summed E-state index contributed by atoms with van der Waals surface area (Å²) in [5, 5.41) is 6.05. The van der Waals surface area contributed by atoms with Gasteiger partial charge in [0.05, 0.1) is 17.0 Å². The Balaban J connectivity index is 2.00. The van der Waals surface area contributed by atoms with Gasteiger partial charge in [0.1, 0.15) is 21.5 Å². The van der Waals surface area contributed by atoms with Crippen LogP contribution in [-0.4, -0.2) is 44.2 Å². The molecule has 2 rings (SSSR count). The van der Waals surface area contributed by atoms with Crippen LogP contribution in [0.15, 0.2) is 23.4 Å². The molecule has 23 heavy (non-hydrogen) atoms. The van der Waals surface area contributed by atoms with Gasteiger partial charge in [-0.15, -0.1) is 0 Å². The lowest BCUT2D eigenvalue weighted by molar-refractivity contribution is -0.131. The van der Waals surface area contributed by atoms with Crippen molar-refractivity contribution in [3.05, 3.63) is 35.4 Å². The molecule has 1 aliphatic rings. The minimum absolute atomic E-state index is 0.00323. The first-order valence-corrected chi connectivity index (χ1v) is 8.88. The zero-order valence-corrected chi connectivity index (χ0v) is 13.4. The topological polar surface area (TPSA) is 84.8 Å². The normalized spacial score (nSPS) is 19.0. The molecule has 0 saturated heterocycles. The Bertz CT molecular complexity index is 729. The lowest BCUT2D eigenvalue weighted by Crippen LogP contribution is -2.43. The maximum atomic E-state index is 13.7. The van der Waals surface area contributed by atoms with E-state index >= 15 is 0 Å². The standard InChI is InChI=1S/C14H16F2N2O4S/c1-8(7-23(2,20)21)17-14(19)12-6-11(18-22-12)13-9(15)4-3-5-10(13)16/h3-5,8,12H,6-7H2,1-2H3,(H,17,19)/t8-,12-/m1/s1. The van der Waals surface area contributed by atoms with Crippen LogP contribution >= 0.6 is 0 Å². The second-order valence-corrected chi connectivity index (χ2v) is 7.62. The molecule has 0 saturated carbocycles. The summed E-state index contributed by atoms with van der Waals surface area (Å²) in [5.74, 6) is -2.39. The molecule has 0 fully saturated rings. The number of carbonyl (C=O) groups excluding carboxylic acids is 1. The van der Waals surface area contributed by atoms with Gasteiger partial charge in [0.25, 0.3) is 5.91 Å². The number of hydrogen-bond donors (Lipinski definition) is 1. The van der Waals surface area contributed by atoms with E-state index in [1.807, 2.05) is 0 Å². The monoisotopic (exact) mass is 346 g/mol. The fraction of sp³-hybridized carbons (Fsp3) is 0.429. The Kier molecular flexibility index (Phi) is 4.98. The van der Waals surface area contributed by atoms with Gasteiger partial charge in [-0.1, -0.05) is 11.2 Å². The van der Waals surface area contributed by atoms with Crippen LogP contribution < -0.4 is 5.32 Å². The Hall–Kier alpha value is -2.03. The van der Waals surface area contributed by atoms with Gasteiger partial charge < -0.3 is 10.2 Å². The summed E-state index contributed by atoms with van der Waals surface area (Å²) in [6, 6.07) is 2.78. The van der Waals surface area contributed by atoms with E-state index in [1.54, 1.807) is 0 Å². The average molecular weight is 346 g/mol. The number of amides is 1. The number of carbonyl (C=O) groups is 1. The van der Waals surface area contributed by atoms with Crippen LogP contribution in [0.1, 0.15) is 18.9 Å². The lowest BCUT2D eigenvalue weighted by atomic mass is 10.0. The van der Waals surface area contributed by atoms with Crippen molar-refractivity contribution in [3.8, 4) is 0 Å². The number of hydrogen-bond acceptors (Lipinski definition) is 5. The van der Waals surface area contributed by atoms with Gasteiger partial charge in [0.2, 0.25) is 6.10 Å². The quantitative estimate of drug-likeness (QED) is 0.862. The third kappa shape index (κ3) is 4.47. The number of benzene rings is 1. The third-order valence-electron chi connectivity index (χ3n) is 3.15. The van der Waals surface area contributed by atoms with Crippen molar-refractivity contribution in [2.24, 2.45) is 5.16 Å². The van der Waals surface area contributed by atoms with Crippen molar-refractivity contribution in [2.45, 2.75) is 25.5 Å². The summed E-state index contributed by atoms with van der Waals surface area (Å²) < 4.78 is 49.7. The van der Waals surface area contributed by atoms with Crippen molar-refractivity contribution in [1.82, 2.24) is 5.32 Å². The molecule has 1 aliphatic heterocycles. The minimum Gasteiger partial charge on any atom is -0.382 e. The molecule has 1 aromatic rings. The summed E-state index contributed by atoms with van der Waals surface area (Å²) in [4.78, 5) is 16.9. The maximum Gasteiger partial charge on any atom is 0.264 e. The number of halogens is 2. The molecule has 2 atom stereocenters. The third-order valence-corrected chi connectivity index (χ3v) is 4.26. The molecule has 6 nitrogen and oxygen atoms in total. The molecule has 0 aromatic heterocycles. The molecule has 1 aromatic carbocycles. The SMILES string of the molecule is C[C@H](CS(C)(=O)=O)NC(=O)[C@H]1CC(c2c(F)cccc2F)=NO1. The van der Waals surface area contributed by atoms with Crippen LogP contribution in [0.25, 0.3) is 0 Å². The Labute approximate surface area is 132 Å². The molecule has 9 heteroatoms. The van der Waals surface area contributed by atoms with E-state index in [0.717, 1.165) is 18.4 Å². The molecule has 1 N–H and O–H groups in total. The highest BCUT2D eigenvalue weighted by molar-refractivity contribution is 7.90. The molecule has 1 amide bonds. The second-order valence-electron chi connectivity index (χ2n) is 5.43. The predicted octanol–water partition coefficient (Wildman–Crippen LogP) is 1.01. The van der Waals surface area contributed by atoms with Gasteiger partial charge in [-0.3, -0.25) is 4.79 Å². The van der Waals surface area contributed by atoms with Crippen molar-refractivity contribution in [3.63, 3.8) is 0 Å². The summed E-state index contributed by atoms with van der Waals surface area (Å²) in [6.45, 7) is 1.53. The van der Waals surface area contributed by atoms with E-state index in [-0.39, 0.29) is 23.4 Å². The number of nitrogens with one attached hydrogen (secondary N) is 1. The van der Waals surface area contributed by atoms with Gasteiger partial charge in [-0.25, -0.2) is 17.2 Å². The zero-order valence-electron chi connectivity index (χ0n) is 12.5. The van der Waals surface area contributed by atoms with Crippen LogP contribution in [-0.2, 0) is 19.5 Å². The summed E-state index contributed by atoms with van der Waals surface area (Å²) >= 11 is 0. The number of nitrogens with zero attached hydrogens (tertiary/aromatic N) is 1. The summed E-state index contributed by atoms with van der Waals surface area (Å²) in [7, 11) is -3.24. The number of sulfone groups is 1. The fourth-order valence-electron chi connectivity index (χ4n) is 2.27. The highest BCUT2D eigenvalue weighted by Gasteiger charge is 2.32. The molecular formula is C14H16F2N2O4S. The molecule has 0 radical (unpaired) electrons. The second kappa shape index (κ2) is 6.61. The van der Waals surface area contributed by atoms with Gasteiger partial charge in [-0.05, 0) is 19.1 Å². The van der Waals surface area contributed by atoms with E-state index in [2.05, 4.69) is 10.5 Å². The maximum absolute atomic E-state index is 13.7. The smallest absolute Gasteiger partial charge is 0.264 e. The number of rotatable bonds is 5. The average Bonchev–Trinajstić information content (AvgIpc) is 2.85. The van der Waals surface area contributed by atoms with Gasteiger partial charge >= 0.3 is 0 Å². The molecule has 0 bridgehead atoms. The first-order chi connectivity index (χ1) is 10.7. The Morgan fingerprint density at radius 1 is 1.43 bits per heavy atom. The minimum atomic E-state index is -3.24. The fourth-order valence-corrected chi connectivity index (χ4v) is 3.26. The summed E-state index contributed by atoms with van der Waals surface area (Å²) in [6.07, 6.45) is -0.0925. The molecule has 0 unspecified atom stereocenters. The van der Waals surface area contributed by atoms with Crippen LogP contribution in [0.4, 0.5) is 8.78 Å². The summed E-state index contributed by atoms with van der Waals surface area (Å²) in [5.41, 5.74) is -0.330. The van der Waals surface area contributed by atoms with Crippen molar-refractivity contribution in [1.29, 1.82) is 0 Å². The van der Waals surface area contributed by atoms with E-state index in [0.29, 0.717) is 0 Å². The van der Waals surface area contributed by atoms with Crippen molar-refractivity contribution < 1.29 is 26.8 Å². The highest BCUT2D eigenvalue weighted by atomic mass is 32.2. The first kappa shape index (κ1) is 17.3. The molecule has 1 heterocycles. The van der Waals surface area contributed by atoms with Gasteiger partial charge in [-0.2, -0.15) is 0 Å². The predicted molar refractivity (Wildman–Crippen MR) is 79.7 cm³/mol. The Morgan fingerprint density at radius 2 is 2.04 bits per heavy atom. The van der Waals surface area contributed by atoms with E-state index in [9.17, 15) is 22.0 Å². The van der Waals surface area contributed by atoms with Crippen LogP contribution in [0.5, 0.6) is 0 Å². The molecular weight excluding hydrogens is 330 g/mol. The zero-order chi connectivity index (χ0) is 17.2. The number of oxime groups is 1. The van der Waals surface area contributed by atoms with Crippen LogP contribution in [0.2, 0.25) is 0 Å². The largest absolute Gasteiger partial charge is 0.382 e. The van der Waals surface area contributed by atoms with E-state index in [4.69, 9.17) is 4.84 Å². The van der Waals surface area contributed by atoms with Crippen molar-refractivity contribution >= 4 is 21.5 Å². The Morgan fingerprint density at radius 3 is 2.61 bits per heavy atom. The molecule has 126 valence electrons. The molecule has 0 spiro atoms. The van der Waals surface area contributed by atoms with Gasteiger partial charge in [0.15, 0.2) is 0 Å². The van der Waals surface area contributed by atoms with Crippen LogP contribution in [0.3, 0.4) is 0 Å². The highest BCUT2D eigenvalue weighted by Crippen LogP contribution is 2.21. The van der Waals surface area contributed by atoms with Gasteiger partial charge in [0, 0.05) is 18.7 Å². The van der Waals surface area contributed by atoms with Crippen LogP contribution in [0, 0.1) is 11.6 Å². The molecule has 0 aliphatic carbocycles. The van der Waals surface area contributed by atoms with E-state index < -0.39 is 39.5 Å². The first-order valence-electron chi connectivity index (χ1n) is 6.82. The van der Waals surface area contributed by atoms with Crippen molar-refractivity contribution in [2.75, 3.05) is 12.0 Å². The van der Waals surface area contributed by atoms with E-state index in [1.165, 1.54) is 13.0 Å². The lowest BCUT2D eigenvalue weighted by Gasteiger charge is -2.15.